The first-order valence-corrected chi connectivity index (χ1v) is 4.41. The molecule has 13 heavy (non-hydrogen) atoms. The van der Waals surface area contributed by atoms with Crippen molar-refractivity contribution < 1.29 is 19.5 Å². The summed E-state index contributed by atoms with van der Waals surface area (Å²) >= 11 is 0. The summed E-state index contributed by atoms with van der Waals surface area (Å²) in [4.78, 5) is 9.99. The van der Waals surface area contributed by atoms with Crippen LogP contribution in [-0.4, -0.2) is 67.5 Å². The summed E-state index contributed by atoms with van der Waals surface area (Å²) in [6.07, 6.45) is 0.655. The smallest absolute Gasteiger partial charge is 0.207 e. The molecule has 0 aromatic carbocycles. The quantitative estimate of drug-likeness (QED) is 0.240. The Balaban J connectivity index is 3.83. The molecule has 0 heterocycles. The maximum Gasteiger partial charge on any atom is 0.207 e. The van der Waals surface area contributed by atoms with Crippen LogP contribution in [0.15, 0.2) is 0 Å². The zero-order chi connectivity index (χ0) is 10.2. The lowest BCUT2D eigenvalue weighted by atomic mass is 10.3. The van der Waals surface area contributed by atoms with Crippen LogP contribution in [0.1, 0.15) is 0 Å². The monoisotopic (exact) mass is 191 g/mol. The molecule has 0 saturated heterocycles. The largest absolute Gasteiger partial charge is 0.391 e. The Morgan fingerprint density at radius 3 is 2.15 bits per heavy atom. The molecule has 0 unspecified atom stereocenters. The average molecular weight is 191 g/mol. The lowest BCUT2D eigenvalue weighted by molar-refractivity contribution is -0.908. The minimum atomic E-state index is 0.0948. The number of quaternary nitrogens is 1. The number of aliphatic hydroxyl groups excluding tert-OH is 2. The van der Waals surface area contributed by atoms with E-state index in [-0.39, 0.29) is 13.2 Å². The van der Waals surface area contributed by atoms with Crippen molar-refractivity contribution in [2.24, 2.45) is 0 Å². The van der Waals surface area contributed by atoms with E-state index in [0.29, 0.717) is 30.5 Å². The van der Waals surface area contributed by atoms with Gasteiger partial charge < -0.3 is 20.0 Å². The first-order chi connectivity index (χ1) is 6.18. The molecule has 5 nitrogen and oxygen atoms in total. The lowest BCUT2D eigenvalue weighted by Gasteiger charge is -2.33. The topological polar surface area (TPSA) is 69.6 Å². The third-order valence-corrected chi connectivity index (χ3v) is 2.16. The van der Waals surface area contributed by atoms with Crippen LogP contribution in [0.3, 0.4) is 0 Å². The molecule has 78 valence electrons. The van der Waals surface area contributed by atoms with Gasteiger partial charge in [-0.25, -0.2) is 0 Å². The second-order valence-corrected chi connectivity index (χ2v) is 3.31. The predicted octanol–water partition coefficient (Wildman–Crippen LogP) is -1.84. The number of hydrogen-bond donors (Lipinski definition) is 3. The van der Waals surface area contributed by atoms with Gasteiger partial charge in [-0.15, -0.1) is 0 Å². The van der Waals surface area contributed by atoms with Crippen molar-refractivity contribution in [2.45, 2.75) is 0 Å². The molecule has 0 fully saturated rings. The number of nitrogens with one attached hydrogen (secondary N) is 1. The molecular formula is C8H19N2O3+. The van der Waals surface area contributed by atoms with Crippen molar-refractivity contribution in [1.82, 2.24) is 5.32 Å². The van der Waals surface area contributed by atoms with Gasteiger partial charge in [-0.05, 0) is 0 Å². The molecule has 0 radical (unpaired) electrons. The molecule has 0 rings (SSSR count). The van der Waals surface area contributed by atoms with Gasteiger partial charge in [0.05, 0.1) is 33.4 Å². The van der Waals surface area contributed by atoms with E-state index in [9.17, 15) is 4.79 Å². The first kappa shape index (κ1) is 12.3. The highest BCUT2D eigenvalue weighted by molar-refractivity contribution is 5.45. The number of aliphatic hydroxyl groups is 2. The zero-order valence-corrected chi connectivity index (χ0v) is 8.07. The second kappa shape index (κ2) is 6.82. The number of rotatable bonds is 8. The highest BCUT2D eigenvalue weighted by atomic mass is 16.3. The number of hydrogen-bond acceptors (Lipinski definition) is 3. The van der Waals surface area contributed by atoms with Crippen molar-refractivity contribution >= 4 is 6.41 Å². The lowest BCUT2D eigenvalue weighted by Crippen LogP contribution is -2.51. The molecule has 3 N–H and O–H groups in total. The summed E-state index contributed by atoms with van der Waals surface area (Å²) in [5.41, 5.74) is 0. The fourth-order valence-corrected chi connectivity index (χ4v) is 1.21. The summed E-state index contributed by atoms with van der Waals surface area (Å²) in [5.74, 6) is 0. The van der Waals surface area contributed by atoms with E-state index < -0.39 is 0 Å². The SMILES string of the molecule is C[N+](CCO)(CCO)CCNC=O. The number of likely N-dealkylation sites (N-methyl/N-ethyl adjacent to an activating group) is 1. The highest BCUT2D eigenvalue weighted by Gasteiger charge is 2.19. The van der Waals surface area contributed by atoms with Crippen molar-refractivity contribution in [3.05, 3.63) is 0 Å². The van der Waals surface area contributed by atoms with Gasteiger partial charge >= 0.3 is 0 Å². The number of amides is 1. The standard InChI is InChI=1S/C8H18N2O3/c1-10(4-6-11,5-7-12)3-2-9-8-13/h8,11-12H,2-7H2,1H3/p+1. The van der Waals surface area contributed by atoms with Gasteiger partial charge in [-0.1, -0.05) is 0 Å². The van der Waals surface area contributed by atoms with Gasteiger partial charge in [0, 0.05) is 0 Å². The van der Waals surface area contributed by atoms with Crippen LogP contribution in [0.2, 0.25) is 0 Å². The number of carbonyl (C=O) groups is 1. The minimum absolute atomic E-state index is 0.0948. The van der Waals surface area contributed by atoms with E-state index in [1.165, 1.54) is 0 Å². The van der Waals surface area contributed by atoms with E-state index in [2.05, 4.69) is 5.32 Å². The van der Waals surface area contributed by atoms with Crippen molar-refractivity contribution in [1.29, 1.82) is 0 Å². The fraction of sp³-hybridized carbons (Fsp3) is 0.875. The van der Waals surface area contributed by atoms with Gasteiger partial charge in [0.1, 0.15) is 13.1 Å². The second-order valence-electron chi connectivity index (χ2n) is 3.31. The van der Waals surface area contributed by atoms with Crippen LogP contribution in [0, 0.1) is 0 Å². The zero-order valence-electron chi connectivity index (χ0n) is 8.07. The minimum Gasteiger partial charge on any atom is -0.391 e. The number of nitrogens with zero attached hydrogens (tertiary/aromatic N) is 1. The van der Waals surface area contributed by atoms with Gasteiger partial charge in [0.25, 0.3) is 0 Å². The van der Waals surface area contributed by atoms with Crippen LogP contribution in [0.25, 0.3) is 0 Å². The van der Waals surface area contributed by atoms with Gasteiger partial charge in [-0.2, -0.15) is 0 Å². The molecule has 0 aliphatic rings. The molecule has 0 bridgehead atoms. The van der Waals surface area contributed by atoms with E-state index in [1.807, 2.05) is 7.05 Å². The fourth-order valence-electron chi connectivity index (χ4n) is 1.21. The molecule has 0 aliphatic heterocycles. The summed E-state index contributed by atoms with van der Waals surface area (Å²) < 4.78 is 0.577. The Labute approximate surface area is 78.6 Å². The van der Waals surface area contributed by atoms with Gasteiger partial charge in [0.2, 0.25) is 6.41 Å². The summed E-state index contributed by atoms with van der Waals surface area (Å²) in [6.45, 7) is 2.68. The van der Waals surface area contributed by atoms with Gasteiger partial charge in [-0.3, -0.25) is 4.79 Å². The van der Waals surface area contributed by atoms with Crippen LogP contribution < -0.4 is 5.32 Å². The molecule has 0 aromatic heterocycles. The molecule has 0 atom stereocenters. The molecule has 1 amide bonds. The van der Waals surface area contributed by atoms with Crippen molar-refractivity contribution in [2.75, 3.05) is 46.4 Å². The molecule has 0 spiro atoms. The molecule has 5 heteroatoms. The molecule has 0 saturated carbocycles. The summed E-state index contributed by atoms with van der Waals surface area (Å²) in [7, 11) is 1.94. The van der Waals surface area contributed by atoms with Gasteiger partial charge in [0.15, 0.2) is 0 Å². The normalized spacial score (nSPS) is 11.3. The van der Waals surface area contributed by atoms with Crippen LogP contribution in [-0.2, 0) is 4.79 Å². The van der Waals surface area contributed by atoms with E-state index in [0.717, 1.165) is 6.54 Å². The Bertz CT molecular complexity index is 135. The maximum atomic E-state index is 9.99. The average Bonchev–Trinajstić information content (AvgIpc) is 2.05. The van der Waals surface area contributed by atoms with Crippen molar-refractivity contribution in [3.63, 3.8) is 0 Å². The van der Waals surface area contributed by atoms with E-state index in [1.54, 1.807) is 0 Å². The summed E-state index contributed by atoms with van der Waals surface area (Å²) in [5, 5.41) is 20.2. The Morgan fingerprint density at radius 1 is 1.23 bits per heavy atom. The third kappa shape index (κ3) is 5.57. The third-order valence-electron chi connectivity index (χ3n) is 2.16. The van der Waals surface area contributed by atoms with Crippen LogP contribution >= 0.6 is 0 Å². The Kier molecular flexibility index (Phi) is 6.48. The Hall–Kier alpha value is -0.650. The molecule has 0 aliphatic carbocycles. The predicted molar refractivity (Wildman–Crippen MR) is 49.0 cm³/mol. The Morgan fingerprint density at radius 2 is 1.77 bits per heavy atom. The highest BCUT2D eigenvalue weighted by Crippen LogP contribution is 1.99. The number of carbonyl (C=O) groups excluding carboxylic acids is 1. The van der Waals surface area contributed by atoms with Crippen LogP contribution in [0.5, 0.6) is 0 Å². The molecule has 0 aromatic rings. The molecular weight excluding hydrogens is 172 g/mol. The van der Waals surface area contributed by atoms with Crippen LogP contribution in [0.4, 0.5) is 0 Å². The summed E-state index contributed by atoms with van der Waals surface area (Å²) in [6, 6.07) is 0. The first-order valence-electron chi connectivity index (χ1n) is 4.41. The maximum absolute atomic E-state index is 9.99. The van der Waals surface area contributed by atoms with E-state index in [4.69, 9.17) is 10.2 Å². The van der Waals surface area contributed by atoms with E-state index >= 15 is 0 Å². The van der Waals surface area contributed by atoms with Crippen molar-refractivity contribution in [3.8, 4) is 0 Å².